The number of nitrogens with zero attached hydrogens (tertiary/aromatic N) is 3. The molecule has 9 aromatic rings. The fraction of sp³-hybridized carbons (Fsp3) is 0.179. The summed E-state index contributed by atoms with van der Waals surface area (Å²) in [5.74, 6) is 4.29. The lowest BCUT2D eigenvalue weighted by atomic mass is 9.89. The topological polar surface area (TPSA) is 127 Å². The molecular formula is C67H63N3O10. The quantitative estimate of drug-likeness (QED) is 0.0643. The molecule has 13 heteroatoms. The van der Waals surface area contributed by atoms with Crippen LogP contribution in [0.2, 0.25) is 0 Å². The Balaban J connectivity index is 1.29. The molecule has 0 aliphatic carbocycles. The van der Waals surface area contributed by atoms with Crippen molar-refractivity contribution in [3.05, 3.63) is 268 Å². The van der Waals surface area contributed by atoms with Crippen LogP contribution in [-0.2, 0) is 0 Å². The summed E-state index contributed by atoms with van der Waals surface area (Å²) >= 11 is 0. The smallest absolute Gasteiger partial charge is 0.274 e. The maximum Gasteiger partial charge on any atom is 0.274 e. The first-order chi connectivity index (χ1) is 39.1. The molecule has 0 spiro atoms. The van der Waals surface area contributed by atoms with Gasteiger partial charge >= 0.3 is 0 Å². The summed E-state index contributed by atoms with van der Waals surface area (Å²) in [4.78, 5) is 41.7. The lowest BCUT2D eigenvalue weighted by molar-refractivity contribution is 0.0636. The van der Waals surface area contributed by atoms with Gasteiger partial charge in [-0.15, -0.1) is 0 Å². The third kappa shape index (κ3) is 12.0. The van der Waals surface area contributed by atoms with E-state index in [-0.39, 0.29) is 11.3 Å². The Hall–Kier alpha value is -9.75. The molecule has 1 aromatic heterocycles. The van der Waals surface area contributed by atoms with Gasteiger partial charge in [0, 0.05) is 11.8 Å². The number of aromatic nitrogens is 1. The van der Waals surface area contributed by atoms with Crippen LogP contribution in [0.3, 0.4) is 0 Å². The van der Waals surface area contributed by atoms with Crippen LogP contribution in [0.25, 0.3) is 0 Å². The highest BCUT2D eigenvalue weighted by atomic mass is 16.5. The SMILES string of the molecule is COc1ccc(C(c2ccc(OC)cc2)N(C(=O)c2ccnc(C(=O)N(C(c3ccc(OC)cc3)c3ccc(OC)cc3)C(c3ccc(OC)cc3)c3ccc(OC)cc3)c2)C(c2ccc(OC)cc2)c2ccc(OC)cc2)cc1. The van der Waals surface area contributed by atoms with Crippen LogP contribution in [0.5, 0.6) is 46.0 Å². The highest BCUT2D eigenvalue weighted by molar-refractivity contribution is 5.99. The van der Waals surface area contributed by atoms with E-state index in [0.717, 1.165) is 44.5 Å². The monoisotopic (exact) mass is 1070 g/mol. The molecule has 0 atom stereocenters. The van der Waals surface area contributed by atoms with Gasteiger partial charge in [0.1, 0.15) is 51.7 Å². The molecule has 2 amide bonds. The Morgan fingerprint density at radius 1 is 0.287 bits per heavy atom. The van der Waals surface area contributed by atoms with Crippen molar-refractivity contribution in [1.82, 2.24) is 14.8 Å². The lowest BCUT2D eigenvalue weighted by Gasteiger charge is -2.40. The van der Waals surface area contributed by atoms with E-state index in [1.807, 2.05) is 204 Å². The van der Waals surface area contributed by atoms with Gasteiger partial charge in [-0.1, -0.05) is 97.1 Å². The second-order valence-corrected chi connectivity index (χ2v) is 18.7. The van der Waals surface area contributed by atoms with E-state index in [9.17, 15) is 0 Å². The first kappa shape index (κ1) is 55.0. The van der Waals surface area contributed by atoms with Crippen LogP contribution in [-0.4, -0.2) is 83.5 Å². The molecule has 0 radical (unpaired) electrons. The molecule has 0 bridgehead atoms. The summed E-state index contributed by atoms with van der Waals surface area (Å²) in [6, 6.07) is 61.6. The van der Waals surface area contributed by atoms with Gasteiger partial charge in [0.25, 0.3) is 11.8 Å². The summed E-state index contributed by atoms with van der Waals surface area (Å²) in [6.07, 6.45) is 1.52. The highest BCUT2D eigenvalue weighted by Crippen LogP contribution is 2.45. The Labute approximate surface area is 467 Å². The Morgan fingerprint density at radius 2 is 0.475 bits per heavy atom. The van der Waals surface area contributed by atoms with Crippen molar-refractivity contribution in [2.75, 3.05) is 56.9 Å². The normalized spacial score (nSPS) is 11.1. The molecular weight excluding hydrogens is 1010 g/mol. The summed E-state index contributed by atoms with van der Waals surface area (Å²) in [5.41, 5.74) is 6.48. The van der Waals surface area contributed by atoms with Crippen molar-refractivity contribution in [3.63, 3.8) is 0 Å². The van der Waals surface area contributed by atoms with E-state index < -0.39 is 36.0 Å². The second-order valence-electron chi connectivity index (χ2n) is 18.7. The molecule has 0 saturated carbocycles. The van der Waals surface area contributed by atoms with Crippen LogP contribution in [0.4, 0.5) is 0 Å². The zero-order valence-electron chi connectivity index (χ0n) is 45.9. The molecule has 0 aliphatic heterocycles. The number of carbonyl (C=O) groups is 2. The molecule has 0 saturated heterocycles. The highest BCUT2D eigenvalue weighted by Gasteiger charge is 2.39. The molecule has 0 aliphatic rings. The van der Waals surface area contributed by atoms with Crippen molar-refractivity contribution in [2.45, 2.75) is 24.2 Å². The van der Waals surface area contributed by atoms with Crippen LogP contribution in [0.1, 0.15) is 89.5 Å². The molecule has 406 valence electrons. The number of hydrogen-bond donors (Lipinski definition) is 0. The predicted octanol–water partition coefficient (Wildman–Crippen LogP) is 13.2. The van der Waals surface area contributed by atoms with Gasteiger partial charge in [-0.3, -0.25) is 14.6 Å². The van der Waals surface area contributed by atoms with E-state index >= 15 is 9.59 Å². The minimum Gasteiger partial charge on any atom is -0.497 e. The molecule has 13 nitrogen and oxygen atoms in total. The van der Waals surface area contributed by atoms with Crippen LogP contribution >= 0.6 is 0 Å². The van der Waals surface area contributed by atoms with Crippen LogP contribution in [0, 0.1) is 0 Å². The number of rotatable bonds is 22. The molecule has 8 aromatic carbocycles. The van der Waals surface area contributed by atoms with Crippen molar-refractivity contribution in [2.24, 2.45) is 0 Å². The van der Waals surface area contributed by atoms with E-state index in [2.05, 4.69) is 0 Å². The van der Waals surface area contributed by atoms with Crippen LogP contribution < -0.4 is 37.9 Å². The van der Waals surface area contributed by atoms with Gasteiger partial charge in [0.05, 0.1) is 81.0 Å². The molecule has 80 heavy (non-hydrogen) atoms. The zero-order valence-corrected chi connectivity index (χ0v) is 45.9. The average Bonchev–Trinajstić information content (AvgIpc) is 3.57. The van der Waals surface area contributed by atoms with Gasteiger partial charge in [0.15, 0.2) is 0 Å². The maximum atomic E-state index is 16.6. The van der Waals surface area contributed by atoms with Crippen molar-refractivity contribution < 1.29 is 47.5 Å². The third-order valence-electron chi connectivity index (χ3n) is 14.3. The van der Waals surface area contributed by atoms with E-state index in [4.69, 9.17) is 42.9 Å². The van der Waals surface area contributed by atoms with Crippen LogP contribution in [0.15, 0.2) is 212 Å². The number of amides is 2. The van der Waals surface area contributed by atoms with Crippen molar-refractivity contribution in [1.29, 1.82) is 0 Å². The Bertz CT molecular complexity index is 2830. The number of benzene rings is 8. The third-order valence-corrected chi connectivity index (χ3v) is 14.3. The predicted molar refractivity (Wildman–Crippen MR) is 308 cm³/mol. The van der Waals surface area contributed by atoms with Gasteiger partial charge in [-0.2, -0.15) is 0 Å². The number of carbonyl (C=O) groups excluding carboxylic acids is 2. The van der Waals surface area contributed by atoms with Crippen molar-refractivity contribution in [3.8, 4) is 46.0 Å². The summed E-state index contributed by atoms with van der Waals surface area (Å²) < 4.78 is 45.2. The standard InChI is InChI=1S/C67H63N3O10/c1-73-53-25-9-44(10-26-53)62(45-11-27-54(74-2)28-12-45)69(63(46-13-29-55(75-3)30-14-46)47-15-31-56(76-4)32-16-47)66(71)52-41-42-68-61(43-52)67(72)70(64(48-17-33-57(77-5)34-18-48)49-19-35-58(78-6)36-20-49)65(50-21-37-59(79-7)38-22-50)51-23-39-60(80-8)40-24-51/h9-43,62-65H,1-8H3. The summed E-state index contributed by atoms with van der Waals surface area (Å²) in [5, 5.41) is 0. The molecule has 0 N–H and O–H groups in total. The van der Waals surface area contributed by atoms with Gasteiger partial charge in [0.2, 0.25) is 0 Å². The largest absolute Gasteiger partial charge is 0.497 e. The fourth-order valence-corrected chi connectivity index (χ4v) is 10.1. The molecule has 9 rings (SSSR count). The number of pyridine rings is 1. The summed E-state index contributed by atoms with van der Waals surface area (Å²) in [6.45, 7) is 0. The first-order valence-electron chi connectivity index (χ1n) is 25.8. The Morgan fingerprint density at radius 3 is 0.662 bits per heavy atom. The maximum absolute atomic E-state index is 16.6. The fourth-order valence-electron chi connectivity index (χ4n) is 10.1. The molecule has 1 heterocycles. The number of hydrogen-bond acceptors (Lipinski definition) is 11. The van der Waals surface area contributed by atoms with E-state index in [0.29, 0.717) is 46.0 Å². The Kier molecular flexibility index (Phi) is 17.6. The van der Waals surface area contributed by atoms with E-state index in [1.54, 1.807) is 69.0 Å². The zero-order chi connectivity index (χ0) is 56.1. The number of ether oxygens (including phenoxy) is 8. The minimum atomic E-state index is -0.768. The van der Waals surface area contributed by atoms with Gasteiger partial charge in [-0.25, -0.2) is 0 Å². The minimum absolute atomic E-state index is 0.0192. The molecule has 0 fully saturated rings. The first-order valence-corrected chi connectivity index (χ1v) is 25.8. The van der Waals surface area contributed by atoms with Gasteiger partial charge in [-0.05, 0) is 154 Å². The van der Waals surface area contributed by atoms with Gasteiger partial charge < -0.3 is 47.7 Å². The summed E-state index contributed by atoms with van der Waals surface area (Å²) in [7, 11) is 12.9. The molecule has 0 unspecified atom stereocenters. The van der Waals surface area contributed by atoms with E-state index in [1.165, 1.54) is 6.20 Å². The number of methoxy groups -OCH3 is 8. The van der Waals surface area contributed by atoms with Crippen molar-refractivity contribution >= 4 is 11.8 Å². The second kappa shape index (κ2) is 25.6. The lowest BCUT2D eigenvalue weighted by Crippen LogP contribution is -2.41. The average molecular weight is 1070 g/mol.